The average molecular weight is 325 g/mol. The molecule has 108 valence electrons. The van der Waals surface area contributed by atoms with Crippen LogP contribution in [0.1, 0.15) is 6.92 Å². The minimum Gasteiger partial charge on any atom is -0.460 e. The zero-order valence-corrected chi connectivity index (χ0v) is 13.4. The van der Waals surface area contributed by atoms with Gasteiger partial charge in [-0.15, -0.1) is 24.8 Å². The minimum atomic E-state index is -1.16. The van der Waals surface area contributed by atoms with Crippen molar-refractivity contribution in [3.8, 4) is 5.75 Å². The number of halogens is 2. The lowest BCUT2D eigenvalue weighted by atomic mass is 10.3. The van der Waals surface area contributed by atoms with Gasteiger partial charge in [0.2, 0.25) is 5.85 Å². The Morgan fingerprint density at radius 3 is 2.42 bits per heavy atom. The highest BCUT2D eigenvalue weighted by Gasteiger charge is 2.14. The quantitative estimate of drug-likeness (QED) is 0.846. The number of fused-ring (bicyclic) bond motifs is 1. The highest BCUT2D eigenvalue weighted by atomic mass is 35.5. The van der Waals surface area contributed by atoms with E-state index in [1.807, 2.05) is 37.2 Å². The van der Waals surface area contributed by atoms with Gasteiger partial charge in [-0.1, -0.05) is 11.3 Å². The molecule has 0 saturated heterocycles. The van der Waals surface area contributed by atoms with Crippen molar-refractivity contribution in [2.45, 2.75) is 12.8 Å². The number of anilines is 1. The molecule has 0 spiro atoms. The van der Waals surface area contributed by atoms with Crippen LogP contribution in [0.4, 0.5) is 5.13 Å². The molecule has 1 aromatic carbocycles. The van der Waals surface area contributed by atoms with E-state index in [1.54, 1.807) is 18.3 Å². The summed E-state index contributed by atoms with van der Waals surface area (Å²) in [5.74, 6) is -0.512. The lowest BCUT2D eigenvalue weighted by molar-refractivity contribution is 0.104. The van der Waals surface area contributed by atoms with E-state index in [0.717, 1.165) is 15.3 Å². The largest absolute Gasteiger partial charge is 0.460 e. The van der Waals surface area contributed by atoms with Gasteiger partial charge in [-0.25, -0.2) is 4.98 Å². The third kappa shape index (κ3) is 4.67. The number of nitrogens with zero attached hydrogens (tertiary/aromatic N) is 2. The first-order valence-electron chi connectivity index (χ1n) is 5.20. The maximum absolute atomic E-state index is 5.60. The van der Waals surface area contributed by atoms with Crippen LogP contribution in [0.3, 0.4) is 0 Å². The molecular weight excluding hydrogens is 307 g/mol. The van der Waals surface area contributed by atoms with Gasteiger partial charge in [-0.3, -0.25) is 11.5 Å². The summed E-state index contributed by atoms with van der Waals surface area (Å²) in [7, 11) is 3.93. The fourth-order valence-electron chi connectivity index (χ4n) is 1.40. The molecule has 4 N–H and O–H groups in total. The van der Waals surface area contributed by atoms with Crippen molar-refractivity contribution in [3.63, 3.8) is 0 Å². The molecule has 0 saturated carbocycles. The molecule has 0 aliphatic rings. The molecule has 0 unspecified atom stereocenters. The number of rotatable bonds is 3. The van der Waals surface area contributed by atoms with Crippen molar-refractivity contribution >= 4 is 51.5 Å². The maximum Gasteiger partial charge on any atom is 0.209 e. The van der Waals surface area contributed by atoms with Crippen molar-refractivity contribution in [3.05, 3.63) is 18.2 Å². The van der Waals surface area contributed by atoms with Crippen LogP contribution >= 0.6 is 36.2 Å². The molecule has 0 fully saturated rings. The first kappa shape index (κ1) is 18.2. The fraction of sp³-hybridized carbons (Fsp3) is 0.364. The Morgan fingerprint density at radius 1 is 1.26 bits per heavy atom. The van der Waals surface area contributed by atoms with Crippen molar-refractivity contribution < 1.29 is 4.74 Å². The second-order valence-corrected chi connectivity index (χ2v) is 5.32. The van der Waals surface area contributed by atoms with Crippen LogP contribution in [-0.4, -0.2) is 24.9 Å². The van der Waals surface area contributed by atoms with E-state index in [9.17, 15) is 0 Å². The fourth-order valence-corrected chi connectivity index (χ4v) is 2.32. The number of aromatic nitrogens is 1. The normalized spacial score (nSPS) is 10.6. The van der Waals surface area contributed by atoms with Gasteiger partial charge in [0.1, 0.15) is 5.75 Å². The third-order valence-corrected chi connectivity index (χ3v) is 3.25. The second-order valence-electron chi connectivity index (χ2n) is 4.31. The minimum absolute atomic E-state index is 0. The second kappa shape index (κ2) is 6.58. The van der Waals surface area contributed by atoms with Gasteiger partial charge in [-0.05, 0) is 18.2 Å². The summed E-state index contributed by atoms with van der Waals surface area (Å²) in [4.78, 5) is 6.45. The predicted molar refractivity (Wildman–Crippen MR) is 85.9 cm³/mol. The molecule has 8 heteroatoms. The Morgan fingerprint density at radius 2 is 1.89 bits per heavy atom. The standard InChI is InChI=1S/C11H16N4OS.2ClH/c1-11(12,13)16-7-4-5-8-9(6-7)17-10(14-8)15(2)3;;/h4-6H,12-13H2,1-3H3;2*1H. The van der Waals surface area contributed by atoms with Crippen LogP contribution in [0.5, 0.6) is 5.75 Å². The molecule has 0 bridgehead atoms. The van der Waals surface area contributed by atoms with Crippen LogP contribution in [0.15, 0.2) is 18.2 Å². The molecule has 1 heterocycles. The van der Waals surface area contributed by atoms with Gasteiger partial charge in [0, 0.05) is 21.0 Å². The molecule has 1 aromatic heterocycles. The zero-order chi connectivity index (χ0) is 12.6. The SMILES string of the molecule is CN(C)c1nc2ccc(OC(C)(N)N)cc2s1.Cl.Cl. The van der Waals surface area contributed by atoms with Crippen molar-refractivity contribution in [1.82, 2.24) is 4.98 Å². The Hall–Kier alpha value is -0.790. The average Bonchev–Trinajstić information content (AvgIpc) is 2.57. The number of thiazole rings is 1. The van der Waals surface area contributed by atoms with Gasteiger partial charge in [-0.2, -0.15) is 0 Å². The molecule has 2 rings (SSSR count). The summed E-state index contributed by atoms with van der Waals surface area (Å²) in [6.07, 6.45) is 0. The van der Waals surface area contributed by atoms with Gasteiger partial charge in [0.15, 0.2) is 5.13 Å². The van der Waals surface area contributed by atoms with E-state index in [2.05, 4.69) is 4.98 Å². The van der Waals surface area contributed by atoms with Crippen molar-refractivity contribution in [1.29, 1.82) is 0 Å². The van der Waals surface area contributed by atoms with Gasteiger partial charge in [0.05, 0.1) is 10.2 Å². The highest BCUT2D eigenvalue weighted by molar-refractivity contribution is 7.22. The van der Waals surface area contributed by atoms with Crippen LogP contribution in [0, 0.1) is 0 Å². The first-order chi connectivity index (χ1) is 7.85. The molecule has 0 amide bonds. The third-order valence-electron chi connectivity index (χ3n) is 2.07. The van der Waals surface area contributed by atoms with E-state index in [4.69, 9.17) is 16.2 Å². The summed E-state index contributed by atoms with van der Waals surface area (Å²) in [6, 6.07) is 5.62. The molecule has 0 atom stereocenters. The first-order valence-corrected chi connectivity index (χ1v) is 6.01. The smallest absolute Gasteiger partial charge is 0.209 e. The number of hydrogen-bond donors (Lipinski definition) is 2. The maximum atomic E-state index is 5.60. The molecular formula is C11H18Cl2N4OS. The lowest BCUT2D eigenvalue weighted by Gasteiger charge is -2.20. The van der Waals surface area contributed by atoms with E-state index < -0.39 is 5.85 Å². The summed E-state index contributed by atoms with van der Waals surface area (Å²) in [5.41, 5.74) is 12.1. The van der Waals surface area contributed by atoms with Crippen molar-refractivity contribution in [2.75, 3.05) is 19.0 Å². The summed E-state index contributed by atoms with van der Waals surface area (Å²) in [6.45, 7) is 1.61. The molecule has 5 nitrogen and oxygen atoms in total. The molecule has 2 aromatic rings. The Kier molecular flexibility index (Phi) is 6.31. The zero-order valence-electron chi connectivity index (χ0n) is 10.9. The molecule has 0 radical (unpaired) electrons. The summed E-state index contributed by atoms with van der Waals surface area (Å²) < 4.78 is 6.45. The molecule has 19 heavy (non-hydrogen) atoms. The number of ether oxygens (including phenoxy) is 1. The Balaban J connectivity index is 0.00000162. The van der Waals surface area contributed by atoms with Crippen LogP contribution < -0.4 is 21.1 Å². The van der Waals surface area contributed by atoms with Crippen molar-refractivity contribution in [2.24, 2.45) is 11.5 Å². The number of nitrogens with two attached hydrogens (primary N) is 2. The van der Waals surface area contributed by atoms with E-state index in [-0.39, 0.29) is 24.8 Å². The van der Waals surface area contributed by atoms with E-state index >= 15 is 0 Å². The van der Waals surface area contributed by atoms with E-state index in [0.29, 0.717) is 5.75 Å². The van der Waals surface area contributed by atoms with Crippen LogP contribution in [-0.2, 0) is 0 Å². The summed E-state index contributed by atoms with van der Waals surface area (Å²) >= 11 is 1.60. The Bertz CT molecular complexity index is 539. The number of benzene rings is 1. The number of hydrogen-bond acceptors (Lipinski definition) is 6. The van der Waals surface area contributed by atoms with Gasteiger partial charge < -0.3 is 9.64 Å². The predicted octanol–water partition coefficient (Wildman–Crippen LogP) is 2.18. The summed E-state index contributed by atoms with van der Waals surface area (Å²) in [5, 5.41) is 0.959. The molecule has 0 aliphatic heterocycles. The van der Waals surface area contributed by atoms with Gasteiger partial charge >= 0.3 is 0 Å². The van der Waals surface area contributed by atoms with Gasteiger partial charge in [0.25, 0.3) is 0 Å². The molecule has 0 aliphatic carbocycles. The topological polar surface area (TPSA) is 77.4 Å². The van der Waals surface area contributed by atoms with Crippen LogP contribution in [0.25, 0.3) is 10.2 Å². The van der Waals surface area contributed by atoms with Crippen LogP contribution in [0.2, 0.25) is 0 Å². The Labute approximate surface area is 128 Å². The lowest BCUT2D eigenvalue weighted by Crippen LogP contribution is -2.51. The highest BCUT2D eigenvalue weighted by Crippen LogP contribution is 2.30. The monoisotopic (exact) mass is 324 g/mol. The van der Waals surface area contributed by atoms with E-state index in [1.165, 1.54) is 0 Å².